The molecule has 140 valence electrons. The Morgan fingerprint density at radius 2 is 2.00 bits per heavy atom. The van der Waals surface area contributed by atoms with Gasteiger partial charge in [-0.05, 0) is 85.9 Å². The Kier molecular flexibility index (Phi) is 4.32. The summed E-state index contributed by atoms with van der Waals surface area (Å²) in [6.45, 7) is 9.08. The lowest BCUT2D eigenvalue weighted by molar-refractivity contribution is -0.151. The van der Waals surface area contributed by atoms with Crippen molar-refractivity contribution in [3.8, 4) is 0 Å². The van der Waals surface area contributed by atoms with Gasteiger partial charge in [0.25, 0.3) is 0 Å². The highest BCUT2D eigenvalue weighted by Gasteiger charge is 2.56. The van der Waals surface area contributed by atoms with Gasteiger partial charge in [-0.3, -0.25) is 4.79 Å². The van der Waals surface area contributed by atoms with Crippen LogP contribution in [0, 0.1) is 34.5 Å². The first-order valence-corrected chi connectivity index (χ1v) is 10.8. The van der Waals surface area contributed by atoms with Crippen LogP contribution in [0.1, 0.15) is 85.5 Å². The smallest absolute Gasteiger partial charge is 0.302 e. The van der Waals surface area contributed by atoms with Gasteiger partial charge < -0.3 is 4.74 Å². The number of carbonyl (C=O) groups excluding carboxylic acids is 1. The van der Waals surface area contributed by atoms with Crippen LogP contribution in [0.15, 0.2) is 11.6 Å². The number of rotatable bonds is 2. The number of hydrogen-bond donors (Lipinski definition) is 0. The monoisotopic (exact) mass is 344 g/mol. The van der Waals surface area contributed by atoms with Crippen LogP contribution in [-0.2, 0) is 9.53 Å². The van der Waals surface area contributed by atoms with Gasteiger partial charge in [0.1, 0.15) is 6.10 Å². The summed E-state index contributed by atoms with van der Waals surface area (Å²) in [5.41, 5.74) is 2.73. The van der Waals surface area contributed by atoms with Crippen molar-refractivity contribution >= 4 is 5.97 Å². The Balaban J connectivity index is 1.58. The van der Waals surface area contributed by atoms with E-state index in [0.717, 1.165) is 30.6 Å². The molecule has 0 bridgehead atoms. The Hall–Kier alpha value is -0.790. The zero-order chi connectivity index (χ0) is 17.8. The molecular weight excluding hydrogens is 308 g/mol. The summed E-state index contributed by atoms with van der Waals surface area (Å²) in [6, 6.07) is 0. The Morgan fingerprint density at radius 3 is 2.72 bits per heavy atom. The molecule has 7 atom stereocenters. The van der Waals surface area contributed by atoms with Crippen molar-refractivity contribution in [1.82, 2.24) is 0 Å². The number of hydrogen-bond acceptors (Lipinski definition) is 2. The molecule has 0 amide bonds. The molecule has 0 aromatic rings. The lowest BCUT2D eigenvalue weighted by Crippen LogP contribution is -2.48. The molecule has 4 rings (SSSR count). The fraction of sp³-hybridized carbons (Fsp3) is 0.870. The van der Waals surface area contributed by atoms with Crippen molar-refractivity contribution in [2.45, 2.75) is 91.6 Å². The molecule has 0 heterocycles. The first-order chi connectivity index (χ1) is 11.9. The number of carbonyl (C=O) groups is 1. The third-order valence-corrected chi connectivity index (χ3v) is 9.00. The molecule has 2 heteroatoms. The van der Waals surface area contributed by atoms with Crippen molar-refractivity contribution in [2.75, 3.05) is 0 Å². The molecule has 4 aliphatic rings. The number of fused-ring (bicyclic) bond motifs is 5. The molecule has 0 radical (unpaired) electrons. The minimum atomic E-state index is -0.105. The zero-order valence-corrected chi connectivity index (χ0v) is 16.6. The van der Waals surface area contributed by atoms with E-state index in [0.29, 0.717) is 16.7 Å². The molecular formula is C23H36O2. The van der Waals surface area contributed by atoms with Gasteiger partial charge in [-0.1, -0.05) is 38.8 Å². The van der Waals surface area contributed by atoms with E-state index in [1.165, 1.54) is 44.9 Å². The molecule has 0 saturated heterocycles. The molecule has 7 unspecified atom stereocenters. The average molecular weight is 345 g/mol. The Labute approximate surface area is 153 Å². The summed E-state index contributed by atoms with van der Waals surface area (Å²) < 4.78 is 5.58. The topological polar surface area (TPSA) is 26.3 Å². The van der Waals surface area contributed by atoms with E-state index in [4.69, 9.17) is 4.74 Å². The lowest BCUT2D eigenvalue weighted by atomic mass is 9.48. The summed E-state index contributed by atoms with van der Waals surface area (Å²) >= 11 is 0. The standard InChI is InChI=1S/C23H36O2/c1-5-16-7-9-20-19-8-6-17-14-18(25-15(2)24)10-12-23(17,4)21(19)11-13-22(16,20)3/h11,16-20H,5-10,12-14H2,1-4H3. The van der Waals surface area contributed by atoms with E-state index in [2.05, 4.69) is 26.8 Å². The van der Waals surface area contributed by atoms with Gasteiger partial charge >= 0.3 is 5.97 Å². The van der Waals surface area contributed by atoms with E-state index in [1.807, 2.05) is 5.57 Å². The van der Waals surface area contributed by atoms with Gasteiger partial charge in [0.15, 0.2) is 0 Å². The molecule has 25 heavy (non-hydrogen) atoms. The summed E-state index contributed by atoms with van der Waals surface area (Å²) in [4.78, 5) is 11.4. The van der Waals surface area contributed by atoms with Gasteiger partial charge in [0.2, 0.25) is 0 Å². The summed E-state index contributed by atoms with van der Waals surface area (Å²) in [6.07, 6.45) is 14.5. The summed E-state index contributed by atoms with van der Waals surface area (Å²) in [7, 11) is 0. The highest BCUT2D eigenvalue weighted by molar-refractivity contribution is 5.66. The van der Waals surface area contributed by atoms with Crippen LogP contribution < -0.4 is 0 Å². The fourth-order valence-corrected chi connectivity index (χ4v) is 7.60. The van der Waals surface area contributed by atoms with Crippen LogP contribution in [0.4, 0.5) is 0 Å². The Morgan fingerprint density at radius 1 is 1.20 bits per heavy atom. The third-order valence-electron chi connectivity index (χ3n) is 9.00. The van der Waals surface area contributed by atoms with Crippen molar-refractivity contribution in [3.05, 3.63) is 11.6 Å². The van der Waals surface area contributed by atoms with Crippen LogP contribution in [0.5, 0.6) is 0 Å². The van der Waals surface area contributed by atoms with Crippen LogP contribution in [0.2, 0.25) is 0 Å². The number of ether oxygens (including phenoxy) is 1. The molecule has 2 nitrogen and oxygen atoms in total. The van der Waals surface area contributed by atoms with Crippen LogP contribution in [0.3, 0.4) is 0 Å². The minimum Gasteiger partial charge on any atom is -0.463 e. The van der Waals surface area contributed by atoms with Crippen molar-refractivity contribution < 1.29 is 9.53 Å². The van der Waals surface area contributed by atoms with Gasteiger partial charge in [-0.15, -0.1) is 0 Å². The largest absolute Gasteiger partial charge is 0.463 e. The van der Waals surface area contributed by atoms with Crippen LogP contribution in [-0.4, -0.2) is 12.1 Å². The molecule has 0 N–H and O–H groups in total. The predicted molar refractivity (Wildman–Crippen MR) is 101 cm³/mol. The van der Waals surface area contributed by atoms with E-state index < -0.39 is 0 Å². The molecule has 0 spiro atoms. The minimum absolute atomic E-state index is 0.105. The van der Waals surface area contributed by atoms with E-state index in [-0.39, 0.29) is 12.1 Å². The lowest BCUT2D eigenvalue weighted by Gasteiger charge is -2.57. The molecule has 4 aliphatic carbocycles. The first-order valence-electron chi connectivity index (χ1n) is 10.8. The maximum atomic E-state index is 11.4. The maximum absolute atomic E-state index is 11.4. The number of allylic oxidation sites excluding steroid dienone is 2. The molecule has 0 aliphatic heterocycles. The predicted octanol–water partition coefficient (Wildman–Crippen LogP) is 5.91. The van der Waals surface area contributed by atoms with E-state index in [1.54, 1.807) is 6.92 Å². The maximum Gasteiger partial charge on any atom is 0.302 e. The second-order valence-corrected chi connectivity index (χ2v) is 9.96. The van der Waals surface area contributed by atoms with Crippen molar-refractivity contribution in [2.24, 2.45) is 34.5 Å². The number of esters is 1. The summed E-state index contributed by atoms with van der Waals surface area (Å²) in [5.74, 6) is 3.29. The zero-order valence-electron chi connectivity index (χ0n) is 16.6. The van der Waals surface area contributed by atoms with Crippen LogP contribution in [0.25, 0.3) is 0 Å². The molecule has 0 aromatic carbocycles. The SMILES string of the molecule is CCC1CCC2C3CCC4CC(OC(C)=O)CCC4(C)C3=CCC12C. The van der Waals surface area contributed by atoms with Gasteiger partial charge in [-0.2, -0.15) is 0 Å². The highest BCUT2D eigenvalue weighted by Crippen LogP contribution is 2.65. The van der Waals surface area contributed by atoms with E-state index >= 15 is 0 Å². The third kappa shape index (κ3) is 2.61. The average Bonchev–Trinajstić information content (AvgIpc) is 2.91. The van der Waals surface area contributed by atoms with Gasteiger partial charge in [0, 0.05) is 6.92 Å². The Bertz CT molecular complexity index is 579. The fourth-order valence-electron chi connectivity index (χ4n) is 7.60. The second-order valence-electron chi connectivity index (χ2n) is 9.96. The highest BCUT2D eigenvalue weighted by atomic mass is 16.5. The van der Waals surface area contributed by atoms with Crippen molar-refractivity contribution in [3.63, 3.8) is 0 Å². The quantitative estimate of drug-likeness (QED) is 0.460. The molecule has 3 fully saturated rings. The van der Waals surface area contributed by atoms with Crippen molar-refractivity contribution in [1.29, 1.82) is 0 Å². The first kappa shape index (κ1) is 17.6. The van der Waals surface area contributed by atoms with E-state index in [9.17, 15) is 4.79 Å². The molecule has 3 saturated carbocycles. The normalized spacial score (nSPS) is 48.8. The van der Waals surface area contributed by atoms with Gasteiger partial charge in [0.05, 0.1) is 0 Å². The van der Waals surface area contributed by atoms with Gasteiger partial charge in [-0.25, -0.2) is 0 Å². The second kappa shape index (κ2) is 6.13. The van der Waals surface area contributed by atoms with Crippen LogP contribution >= 0.6 is 0 Å². The molecule has 0 aromatic heterocycles. The summed E-state index contributed by atoms with van der Waals surface area (Å²) in [5, 5.41) is 0.